The first kappa shape index (κ1) is 11.9. The molecular weight excluding hydrogens is 240 g/mol. The number of fused-ring (bicyclic) bond motifs is 1. The summed E-state index contributed by atoms with van der Waals surface area (Å²) in [4.78, 5) is 15.7. The summed E-state index contributed by atoms with van der Waals surface area (Å²) in [6, 6.07) is 5.69. The number of hydrogen-bond acceptors (Lipinski definition) is 3. The lowest BCUT2D eigenvalue weighted by atomic mass is 9.90. The average molecular weight is 253 g/mol. The average Bonchev–Trinajstić information content (AvgIpc) is 2.36. The van der Waals surface area contributed by atoms with Crippen molar-refractivity contribution in [3.63, 3.8) is 0 Å². The van der Waals surface area contributed by atoms with Gasteiger partial charge in [0.25, 0.3) is 0 Å². The van der Waals surface area contributed by atoms with Gasteiger partial charge in [-0.15, -0.1) is 0 Å². The smallest absolute Gasteiger partial charge is 0.323 e. The number of halogens is 1. The van der Waals surface area contributed by atoms with Crippen LogP contribution in [0.3, 0.4) is 0 Å². The van der Waals surface area contributed by atoms with E-state index in [0.29, 0.717) is 0 Å². The lowest BCUT2D eigenvalue weighted by Gasteiger charge is -2.18. The highest BCUT2D eigenvalue weighted by Crippen LogP contribution is 2.28. The van der Waals surface area contributed by atoms with Crippen molar-refractivity contribution >= 4 is 23.4 Å². The van der Waals surface area contributed by atoms with E-state index >= 15 is 0 Å². The van der Waals surface area contributed by atoms with Gasteiger partial charge in [0.1, 0.15) is 0 Å². The maximum absolute atomic E-state index is 11.0. The molecule has 0 unspecified atom stereocenters. The van der Waals surface area contributed by atoms with Gasteiger partial charge in [0.05, 0.1) is 5.71 Å². The molecule has 0 aliphatic heterocycles. The van der Waals surface area contributed by atoms with Crippen LogP contribution in [0, 0.1) is 0 Å². The number of hydrogen-bond donors (Lipinski definition) is 1. The lowest BCUT2D eigenvalue weighted by Crippen LogP contribution is -2.19. The SMILES string of the molecule is CNC(=O)O/N=C1/CCCc2c(Cl)cccc21. The molecule has 0 saturated carbocycles. The number of oxime groups is 1. The molecule has 0 fully saturated rings. The van der Waals surface area contributed by atoms with E-state index in [-0.39, 0.29) is 0 Å². The molecule has 0 saturated heterocycles. The fourth-order valence-electron chi connectivity index (χ4n) is 1.89. The summed E-state index contributed by atoms with van der Waals surface area (Å²) in [5.74, 6) is 0. The third-order valence-corrected chi connectivity index (χ3v) is 3.07. The van der Waals surface area contributed by atoms with Crippen LogP contribution in [0.5, 0.6) is 0 Å². The summed E-state index contributed by atoms with van der Waals surface area (Å²) in [7, 11) is 1.49. The Morgan fingerprint density at radius 2 is 2.29 bits per heavy atom. The molecule has 1 aliphatic carbocycles. The molecule has 0 spiro atoms. The zero-order valence-electron chi connectivity index (χ0n) is 9.50. The van der Waals surface area contributed by atoms with Gasteiger partial charge >= 0.3 is 6.09 Å². The third kappa shape index (κ3) is 2.58. The second kappa shape index (κ2) is 5.19. The van der Waals surface area contributed by atoms with Crippen molar-refractivity contribution < 1.29 is 9.63 Å². The van der Waals surface area contributed by atoms with E-state index in [4.69, 9.17) is 16.4 Å². The van der Waals surface area contributed by atoms with Crippen LogP contribution in [0.1, 0.15) is 24.0 Å². The molecule has 1 amide bonds. The lowest BCUT2D eigenvalue weighted by molar-refractivity contribution is 0.153. The Kier molecular flexibility index (Phi) is 3.64. The van der Waals surface area contributed by atoms with Gasteiger partial charge in [-0.3, -0.25) is 4.84 Å². The third-order valence-electron chi connectivity index (χ3n) is 2.71. The number of carbonyl (C=O) groups excluding carboxylic acids is 1. The van der Waals surface area contributed by atoms with E-state index in [0.717, 1.165) is 41.1 Å². The molecule has 0 aromatic heterocycles. The minimum absolute atomic E-state index is 0.563. The van der Waals surface area contributed by atoms with Gasteiger partial charge in [0, 0.05) is 17.6 Å². The molecule has 1 aromatic rings. The Hall–Kier alpha value is -1.55. The Morgan fingerprint density at radius 3 is 3.06 bits per heavy atom. The van der Waals surface area contributed by atoms with Gasteiger partial charge in [0.15, 0.2) is 0 Å². The number of rotatable bonds is 1. The fourth-order valence-corrected chi connectivity index (χ4v) is 2.16. The Balaban J connectivity index is 2.29. The summed E-state index contributed by atoms with van der Waals surface area (Å²) in [5.41, 5.74) is 2.84. The molecule has 4 nitrogen and oxygen atoms in total. The zero-order valence-corrected chi connectivity index (χ0v) is 10.3. The largest absolute Gasteiger partial charge is 0.433 e. The number of carbonyl (C=O) groups is 1. The first-order valence-corrected chi connectivity index (χ1v) is 5.83. The first-order valence-electron chi connectivity index (χ1n) is 5.45. The number of benzene rings is 1. The Morgan fingerprint density at radius 1 is 1.47 bits per heavy atom. The van der Waals surface area contributed by atoms with Crippen LogP contribution in [-0.2, 0) is 11.3 Å². The fraction of sp³-hybridized carbons (Fsp3) is 0.333. The van der Waals surface area contributed by atoms with E-state index in [2.05, 4.69) is 10.5 Å². The van der Waals surface area contributed by atoms with E-state index in [1.165, 1.54) is 7.05 Å². The molecule has 1 aliphatic rings. The molecule has 90 valence electrons. The summed E-state index contributed by atoms with van der Waals surface area (Å²) in [6.07, 6.45) is 2.14. The van der Waals surface area contributed by atoms with Crippen molar-refractivity contribution in [2.24, 2.45) is 5.16 Å². The monoisotopic (exact) mass is 252 g/mol. The van der Waals surface area contributed by atoms with Crippen molar-refractivity contribution in [2.75, 3.05) is 7.05 Å². The first-order chi connectivity index (χ1) is 8.22. The van der Waals surface area contributed by atoms with Gasteiger partial charge < -0.3 is 5.32 Å². The molecule has 0 bridgehead atoms. The number of amides is 1. The van der Waals surface area contributed by atoms with Gasteiger partial charge in [-0.05, 0) is 30.9 Å². The van der Waals surface area contributed by atoms with Gasteiger partial charge in [-0.2, -0.15) is 0 Å². The van der Waals surface area contributed by atoms with Crippen LogP contribution in [-0.4, -0.2) is 18.9 Å². The molecule has 0 atom stereocenters. The second-order valence-electron chi connectivity index (χ2n) is 3.79. The minimum Gasteiger partial charge on any atom is -0.323 e. The van der Waals surface area contributed by atoms with Crippen LogP contribution in [0.2, 0.25) is 5.02 Å². The predicted molar refractivity (Wildman–Crippen MR) is 66.5 cm³/mol. The number of nitrogens with zero attached hydrogens (tertiary/aromatic N) is 1. The van der Waals surface area contributed by atoms with Gasteiger partial charge in [0.2, 0.25) is 0 Å². The molecule has 0 heterocycles. The summed E-state index contributed by atoms with van der Waals surface area (Å²) in [6.45, 7) is 0. The van der Waals surface area contributed by atoms with Crippen LogP contribution >= 0.6 is 11.6 Å². The quantitative estimate of drug-likeness (QED) is 0.617. The minimum atomic E-state index is -0.563. The van der Waals surface area contributed by atoms with E-state index < -0.39 is 6.09 Å². The molecule has 1 N–H and O–H groups in total. The highest BCUT2D eigenvalue weighted by molar-refractivity contribution is 6.32. The van der Waals surface area contributed by atoms with Crippen LogP contribution in [0.25, 0.3) is 0 Å². The van der Waals surface area contributed by atoms with Crippen LogP contribution in [0.4, 0.5) is 4.79 Å². The van der Waals surface area contributed by atoms with E-state index in [9.17, 15) is 4.79 Å². The van der Waals surface area contributed by atoms with Crippen molar-refractivity contribution in [1.82, 2.24) is 5.32 Å². The summed E-state index contributed by atoms with van der Waals surface area (Å²) in [5, 5.41) is 6.97. The van der Waals surface area contributed by atoms with Gasteiger partial charge in [-0.1, -0.05) is 28.9 Å². The Bertz CT molecular complexity index is 472. The molecule has 0 radical (unpaired) electrons. The van der Waals surface area contributed by atoms with Gasteiger partial charge in [-0.25, -0.2) is 4.79 Å². The highest BCUT2D eigenvalue weighted by atomic mass is 35.5. The molecular formula is C12H13ClN2O2. The molecule has 2 rings (SSSR count). The normalized spacial score (nSPS) is 16.5. The summed E-state index contributed by atoms with van der Waals surface area (Å²) < 4.78 is 0. The van der Waals surface area contributed by atoms with Crippen LogP contribution < -0.4 is 5.32 Å². The topological polar surface area (TPSA) is 50.7 Å². The Labute approximate surface area is 105 Å². The summed E-state index contributed by atoms with van der Waals surface area (Å²) >= 11 is 6.12. The molecule has 1 aromatic carbocycles. The van der Waals surface area contributed by atoms with E-state index in [1.807, 2.05) is 18.2 Å². The molecule has 17 heavy (non-hydrogen) atoms. The maximum atomic E-state index is 11.0. The second-order valence-corrected chi connectivity index (χ2v) is 4.19. The maximum Gasteiger partial charge on any atom is 0.433 e. The van der Waals surface area contributed by atoms with Crippen molar-refractivity contribution in [3.05, 3.63) is 34.3 Å². The van der Waals surface area contributed by atoms with Crippen LogP contribution in [0.15, 0.2) is 23.4 Å². The predicted octanol–water partition coefficient (Wildman–Crippen LogP) is 2.74. The molecule has 5 heteroatoms. The number of nitrogens with one attached hydrogen (secondary N) is 1. The van der Waals surface area contributed by atoms with Crippen molar-refractivity contribution in [3.8, 4) is 0 Å². The van der Waals surface area contributed by atoms with E-state index in [1.54, 1.807) is 0 Å². The standard InChI is InChI=1S/C12H13ClN2O2/c1-14-12(16)17-15-11-7-3-4-8-9(11)5-2-6-10(8)13/h2,5-6H,3-4,7H2,1H3,(H,14,16)/b15-11-. The highest BCUT2D eigenvalue weighted by Gasteiger charge is 2.18. The van der Waals surface area contributed by atoms with Crippen molar-refractivity contribution in [1.29, 1.82) is 0 Å². The van der Waals surface area contributed by atoms with Crippen molar-refractivity contribution in [2.45, 2.75) is 19.3 Å². The zero-order chi connectivity index (χ0) is 12.3.